The number of nitrogens with zero attached hydrogens (tertiary/aromatic N) is 1. The summed E-state index contributed by atoms with van der Waals surface area (Å²) in [6.45, 7) is 3.19. The summed E-state index contributed by atoms with van der Waals surface area (Å²) in [5.41, 5.74) is 1.16. The van der Waals surface area contributed by atoms with E-state index in [-0.39, 0.29) is 11.6 Å². The SMILES string of the molecule is Cc1cccc(NC(=O)N2CCCC2)c1C(=O)O. The minimum atomic E-state index is -1.02. The highest BCUT2D eigenvalue weighted by molar-refractivity contribution is 6.01. The van der Waals surface area contributed by atoms with Crippen molar-refractivity contribution in [1.82, 2.24) is 4.90 Å². The second-order valence-electron chi connectivity index (χ2n) is 4.43. The molecule has 1 aromatic carbocycles. The number of aryl methyl sites for hydroxylation is 1. The van der Waals surface area contributed by atoms with Crippen molar-refractivity contribution in [2.75, 3.05) is 18.4 Å². The lowest BCUT2D eigenvalue weighted by molar-refractivity contribution is 0.0697. The zero-order chi connectivity index (χ0) is 13.1. The number of carboxylic acid groups (broad SMARTS) is 1. The largest absolute Gasteiger partial charge is 0.478 e. The number of carboxylic acids is 1. The molecule has 5 heteroatoms. The molecule has 0 aliphatic carbocycles. The number of rotatable bonds is 2. The Balaban J connectivity index is 2.20. The maximum absolute atomic E-state index is 11.9. The Kier molecular flexibility index (Phi) is 3.50. The first kappa shape index (κ1) is 12.4. The zero-order valence-electron chi connectivity index (χ0n) is 10.3. The van der Waals surface area contributed by atoms with E-state index in [0.717, 1.165) is 25.9 Å². The first-order chi connectivity index (χ1) is 8.59. The average molecular weight is 248 g/mol. The molecular weight excluding hydrogens is 232 g/mol. The highest BCUT2D eigenvalue weighted by Crippen LogP contribution is 2.20. The van der Waals surface area contributed by atoms with Gasteiger partial charge in [-0.2, -0.15) is 0 Å². The highest BCUT2D eigenvalue weighted by atomic mass is 16.4. The minimum Gasteiger partial charge on any atom is -0.478 e. The van der Waals surface area contributed by atoms with Gasteiger partial charge in [0.2, 0.25) is 0 Å². The predicted molar refractivity (Wildman–Crippen MR) is 68.0 cm³/mol. The van der Waals surface area contributed by atoms with Gasteiger partial charge in [-0.3, -0.25) is 0 Å². The number of carbonyl (C=O) groups excluding carboxylic acids is 1. The van der Waals surface area contributed by atoms with E-state index in [4.69, 9.17) is 5.11 Å². The molecule has 0 saturated carbocycles. The van der Waals surface area contributed by atoms with E-state index < -0.39 is 5.97 Å². The molecule has 1 saturated heterocycles. The van der Waals surface area contributed by atoms with Gasteiger partial charge in [-0.05, 0) is 31.4 Å². The lowest BCUT2D eigenvalue weighted by Gasteiger charge is -2.17. The number of nitrogens with one attached hydrogen (secondary N) is 1. The molecule has 0 unspecified atom stereocenters. The number of amides is 2. The van der Waals surface area contributed by atoms with Crippen molar-refractivity contribution in [2.24, 2.45) is 0 Å². The van der Waals surface area contributed by atoms with Crippen LogP contribution in [0.4, 0.5) is 10.5 Å². The summed E-state index contributed by atoms with van der Waals surface area (Å²) in [4.78, 5) is 24.8. The van der Waals surface area contributed by atoms with Crippen LogP contribution in [-0.4, -0.2) is 35.1 Å². The lowest BCUT2D eigenvalue weighted by atomic mass is 10.1. The minimum absolute atomic E-state index is 0.157. The van der Waals surface area contributed by atoms with E-state index in [1.165, 1.54) is 0 Å². The molecule has 1 aliphatic heterocycles. The Labute approximate surface area is 105 Å². The number of anilines is 1. The third-order valence-electron chi connectivity index (χ3n) is 3.12. The topological polar surface area (TPSA) is 69.6 Å². The van der Waals surface area contributed by atoms with Crippen molar-refractivity contribution < 1.29 is 14.7 Å². The molecule has 5 nitrogen and oxygen atoms in total. The van der Waals surface area contributed by atoms with Gasteiger partial charge in [-0.15, -0.1) is 0 Å². The van der Waals surface area contributed by atoms with E-state index in [2.05, 4.69) is 5.32 Å². The van der Waals surface area contributed by atoms with Gasteiger partial charge in [0.1, 0.15) is 0 Å². The van der Waals surface area contributed by atoms with Crippen LogP contribution in [0.5, 0.6) is 0 Å². The van der Waals surface area contributed by atoms with Gasteiger partial charge in [0.25, 0.3) is 0 Å². The van der Waals surface area contributed by atoms with E-state index in [0.29, 0.717) is 11.3 Å². The smallest absolute Gasteiger partial charge is 0.338 e. The van der Waals surface area contributed by atoms with Gasteiger partial charge in [-0.1, -0.05) is 12.1 Å². The Bertz CT molecular complexity index is 479. The second kappa shape index (κ2) is 5.08. The molecule has 0 aromatic heterocycles. The van der Waals surface area contributed by atoms with Gasteiger partial charge < -0.3 is 15.3 Å². The molecule has 2 N–H and O–H groups in total. The van der Waals surface area contributed by atoms with Crippen molar-refractivity contribution in [3.63, 3.8) is 0 Å². The van der Waals surface area contributed by atoms with Crippen molar-refractivity contribution in [2.45, 2.75) is 19.8 Å². The molecule has 2 amide bonds. The molecule has 1 fully saturated rings. The van der Waals surface area contributed by atoms with E-state index in [1.54, 1.807) is 30.0 Å². The van der Waals surface area contributed by atoms with Crippen LogP contribution in [0.1, 0.15) is 28.8 Å². The number of aromatic carboxylic acids is 1. The predicted octanol–water partition coefficient (Wildman–Crippen LogP) is 2.32. The van der Waals surface area contributed by atoms with E-state index in [1.807, 2.05) is 0 Å². The molecule has 0 bridgehead atoms. The van der Waals surface area contributed by atoms with Crippen LogP contribution in [-0.2, 0) is 0 Å². The first-order valence-corrected chi connectivity index (χ1v) is 5.98. The quantitative estimate of drug-likeness (QED) is 0.843. The Morgan fingerprint density at radius 3 is 2.56 bits per heavy atom. The Morgan fingerprint density at radius 2 is 1.94 bits per heavy atom. The summed E-state index contributed by atoms with van der Waals surface area (Å²) < 4.78 is 0. The standard InChI is InChI=1S/C13H16N2O3/c1-9-5-4-6-10(11(9)12(16)17)14-13(18)15-7-2-3-8-15/h4-6H,2-3,7-8H2,1H3,(H,14,18)(H,16,17). The fourth-order valence-electron chi connectivity index (χ4n) is 2.17. The van der Waals surface area contributed by atoms with Gasteiger partial charge >= 0.3 is 12.0 Å². The molecular formula is C13H16N2O3. The number of benzene rings is 1. The van der Waals surface area contributed by atoms with Crippen molar-refractivity contribution in [3.8, 4) is 0 Å². The Hall–Kier alpha value is -2.04. The molecule has 1 aromatic rings. The maximum Gasteiger partial charge on any atom is 0.338 e. The van der Waals surface area contributed by atoms with Crippen molar-refractivity contribution in [3.05, 3.63) is 29.3 Å². The Morgan fingerprint density at radius 1 is 1.28 bits per heavy atom. The van der Waals surface area contributed by atoms with E-state index in [9.17, 15) is 9.59 Å². The van der Waals surface area contributed by atoms with Crippen LogP contribution in [0.15, 0.2) is 18.2 Å². The monoisotopic (exact) mass is 248 g/mol. The fourth-order valence-corrected chi connectivity index (χ4v) is 2.17. The summed E-state index contributed by atoms with van der Waals surface area (Å²) in [6.07, 6.45) is 2.01. The van der Waals surface area contributed by atoms with Crippen LogP contribution in [0, 0.1) is 6.92 Å². The summed E-state index contributed by atoms with van der Waals surface area (Å²) >= 11 is 0. The maximum atomic E-state index is 11.9. The number of carbonyl (C=O) groups is 2. The summed E-state index contributed by atoms with van der Waals surface area (Å²) in [5, 5.41) is 11.8. The van der Waals surface area contributed by atoms with Crippen molar-refractivity contribution >= 4 is 17.7 Å². The van der Waals surface area contributed by atoms with E-state index >= 15 is 0 Å². The molecule has 96 valence electrons. The molecule has 1 aliphatic rings. The fraction of sp³-hybridized carbons (Fsp3) is 0.385. The molecule has 0 radical (unpaired) electrons. The third kappa shape index (κ3) is 2.45. The van der Waals surface area contributed by atoms with Gasteiger partial charge in [-0.25, -0.2) is 9.59 Å². The highest BCUT2D eigenvalue weighted by Gasteiger charge is 2.20. The van der Waals surface area contributed by atoms with Crippen LogP contribution in [0.25, 0.3) is 0 Å². The van der Waals surface area contributed by atoms with Gasteiger partial charge in [0, 0.05) is 13.1 Å². The normalized spacial score (nSPS) is 14.6. The number of hydrogen-bond acceptors (Lipinski definition) is 2. The molecule has 0 spiro atoms. The van der Waals surface area contributed by atoms with Crippen LogP contribution < -0.4 is 5.32 Å². The molecule has 18 heavy (non-hydrogen) atoms. The molecule has 0 atom stereocenters. The van der Waals surface area contributed by atoms with Gasteiger partial charge in [0.05, 0.1) is 11.3 Å². The number of likely N-dealkylation sites (tertiary alicyclic amines) is 1. The molecule has 2 rings (SSSR count). The number of urea groups is 1. The van der Waals surface area contributed by atoms with Crippen LogP contribution in [0.3, 0.4) is 0 Å². The van der Waals surface area contributed by atoms with Crippen LogP contribution in [0.2, 0.25) is 0 Å². The lowest BCUT2D eigenvalue weighted by Crippen LogP contribution is -2.32. The molecule has 1 heterocycles. The summed E-state index contributed by atoms with van der Waals surface area (Å²) in [5.74, 6) is -1.02. The summed E-state index contributed by atoms with van der Waals surface area (Å²) in [7, 11) is 0. The van der Waals surface area contributed by atoms with Gasteiger partial charge in [0.15, 0.2) is 0 Å². The van der Waals surface area contributed by atoms with Crippen LogP contribution >= 0.6 is 0 Å². The van der Waals surface area contributed by atoms with Crippen molar-refractivity contribution in [1.29, 1.82) is 0 Å². The second-order valence-corrected chi connectivity index (χ2v) is 4.43. The third-order valence-corrected chi connectivity index (χ3v) is 3.12. The number of hydrogen-bond donors (Lipinski definition) is 2. The zero-order valence-corrected chi connectivity index (χ0v) is 10.3. The average Bonchev–Trinajstić information content (AvgIpc) is 2.81. The summed E-state index contributed by atoms with van der Waals surface area (Å²) in [6, 6.07) is 4.85. The first-order valence-electron chi connectivity index (χ1n) is 5.98.